The van der Waals surface area contributed by atoms with Crippen LogP contribution in [0.15, 0.2) is 12.2 Å². The van der Waals surface area contributed by atoms with Gasteiger partial charge in [-0.15, -0.1) is 0 Å². The SMILES string of the molecule is COC(=O)/C=C/CC1CCCCC(=O)N1C(=O)OC(C)(C)C. The summed E-state index contributed by atoms with van der Waals surface area (Å²) < 4.78 is 9.86. The Bertz CT molecular complexity index is 450. The lowest BCUT2D eigenvalue weighted by atomic mass is 10.1. The number of esters is 1. The fourth-order valence-electron chi connectivity index (χ4n) is 2.28. The van der Waals surface area contributed by atoms with Gasteiger partial charge in [0, 0.05) is 18.5 Å². The molecule has 1 rings (SSSR count). The van der Waals surface area contributed by atoms with Gasteiger partial charge in [-0.3, -0.25) is 4.79 Å². The van der Waals surface area contributed by atoms with E-state index in [1.165, 1.54) is 18.1 Å². The molecule has 1 atom stereocenters. The minimum atomic E-state index is -0.657. The average Bonchev–Trinajstić information content (AvgIpc) is 2.58. The molecular weight excluding hydrogens is 286 g/mol. The standard InChI is InChI=1S/C16H25NO5/c1-16(2,3)22-15(20)17-12(8-5-6-10-13(17)18)9-7-11-14(19)21-4/h7,11-12H,5-6,8-10H2,1-4H3/b11-7+. The minimum absolute atomic E-state index is 0.219. The van der Waals surface area contributed by atoms with Gasteiger partial charge in [0.05, 0.1) is 7.11 Å². The van der Waals surface area contributed by atoms with Crippen LogP contribution in [-0.2, 0) is 19.1 Å². The van der Waals surface area contributed by atoms with Gasteiger partial charge >= 0.3 is 12.1 Å². The van der Waals surface area contributed by atoms with Crippen LogP contribution in [0.25, 0.3) is 0 Å². The Balaban J connectivity index is 2.84. The normalized spacial score (nSPS) is 19.9. The highest BCUT2D eigenvalue weighted by Gasteiger charge is 2.34. The highest BCUT2D eigenvalue weighted by molar-refractivity contribution is 5.92. The first-order valence-electron chi connectivity index (χ1n) is 7.54. The van der Waals surface area contributed by atoms with Crippen LogP contribution in [0, 0.1) is 0 Å². The average molecular weight is 311 g/mol. The van der Waals surface area contributed by atoms with Crippen molar-refractivity contribution in [2.24, 2.45) is 0 Å². The summed E-state index contributed by atoms with van der Waals surface area (Å²) in [5, 5.41) is 0. The van der Waals surface area contributed by atoms with Crippen LogP contribution in [0.2, 0.25) is 0 Å². The van der Waals surface area contributed by atoms with Crippen molar-refractivity contribution in [2.75, 3.05) is 7.11 Å². The van der Waals surface area contributed by atoms with Crippen LogP contribution < -0.4 is 0 Å². The second-order valence-corrected chi connectivity index (χ2v) is 6.30. The summed E-state index contributed by atoms with van der Waals surface area (Å²) in [5.74, 6) is -0.674. The van der Waals surface area contributed by atoms with Gasteiger partial charge in [-0.2, -0.15) is 0 Å². The van der Waals surface area contributed by atoms with Gasteiger partial charge in [0.1, 0.15) is 5.60 Å². The van der Waals surface area contributed by atoms with E-state index in [4.69, 9.17) is 4.74 Å². The molecular formula is C16H25NO5. The first-order valence-corrected chi connectivity index (χ1v) is 7.54. The van der Waals surface area contributed by atoms with E-state index in [1.54, 1.807) is 26.8 Å². The van der Waals surface area contributed by atoms with E-state index in [0.29, 0.717) is 19.3 Å². The van der Waals surface area contributed by atoms with E-state index in [-0.39, 0.29) is 11.9 Å². The number of hydrogen-bond donors (Lipinski definition) is 0. The Morgan fingerprint density at radius 1 is 1.32 bits per heavy atom. The summed E-state index contributed by atoms with van der Waals surface area (Å²) in [4.78, 5) is 36.8. The molecule has 2 amide bonds. The summed E-state index contributed by atoms with van der Waals surface area (Å²) in [6.45, 7) is 5.29. The first-order chi connectivity index (χ1) is 10.2. The molecule has 1 heterocycles. The van der Waals surface area contributed by atoms with Crippen molar-refractivity contribution in [3.05, 3.63) is 12.2 Å². The number of ether oxygens (including phenoxy) is 2. The fourth-order valence-corrected chi connectivity index (χ4v) is 2.28. The Labute approximate surface area is 131 Å². The number of amides is 2. The van der Waals surface area contributed by atoms with E-state index < -0.39 is 17.7 Å². The molecule has 0 aromatic carbocycles. The predicted molar refractivity (Wildman–Crippen MR) is 81.1 cm³/mol. The number of carbonyl (C=O) groups excluding carboxylic acids is 3. The summed E-state index contributed by atoms with van der Waals surface area (Å²) >= 11 is 0. The molecule has 0 N–H and O–H groups in total. The van der Waals surface area contributed by atoms with Crippen LogP contribution in [0.4, 0.5) is 4.79 Å². The zero-order chi connectivity index (χ0) is 16.8. The number of imide groups is 1. The maximum absolute atomic E-state index is 12.3. The molecule has 1 saturated heterocycles. The molecule has 1 fully saturated rings. The second-order valence-electron chi connectivity index (χ2n) is 6.30. The molecule has 0 saturated carbocycles. The van der Waals surface area contributed by atoms with Crippen LogP contribution in [0.5, 0.6) is 0 Å². The van der Waals surface area contributed by atoms with Gasteiger partial charge in [-0.1, -0.05) is 12.5 Å². The molecule has 1 aliphatic rings. The largest absolute Gasteiger partial charge is 0.466 e. The molecule has 6 nitrogen and oxygen atoms in total. The van der Waals surface area contributed by atoms with Crippen LogP contribution in [0.1, 0.15) is 52.9 Å². The lowest BCUT2D eigenvalue weighted by Gasteiger charge is -2.30. The lowest BCUT2D eigenvalue weighted by Crippen LogP contribution is -2.46. The van der Waals surface area contributed by atoms with Crippen molar-refractivity contribution in [1.29, 1.82) is 0 Å². The fraction of sp³-hybridized carbons (Fsp3) is 0.688. The third-order valence-electron chi connectivity index (χ3n) is 3.27. The van der Waals surface area contributed by atoms with Crippen molar-refractivity contribution >= 4 is 18.0 Å². The van der Waals surface area contributed by atoms with Gasteiger partial charge in [-0.05, 0) is 40.0 Å². The zero-order valence-corrected chi connectivity index (χ0v) is 13.8. The van der Waals surface area contributed by atoms with Gasteiger partial charge in [0.25, 0.3) is 0 Å². The molecule has 124 valence electrons. The molecule has 0 aromatic rings. The summed E-state index contributed by atoms with van der Waals surface area (Å²) in [6, 6.07) is -0.286. The topological polar surface area (TPSA) is 72.9 Å². The Morgan fingerprint density at radius 2 is 2.00 bits per heavy atom. The second kappa shape index (κ2) is 7.96. The molecule has 0 radical (unpaired) electrons. The van der Waals surface area contributed by atoms with E-state index in [9.17, 15) is 14.4 Å². The molecule has 0 aromatic heterocycles. The summed E-state index contributed by atoms with van der Waals surface area (Å²) in [6.07, 6.45) is 5.41. The molecule has 22 heavy (non-hydrogen) atoms. The Hall–Kier alpha value is -1.85. The lowest BCUT2D eigenvalue weighted by molar-refractivity contribution is -0.135. The highest BCUT2D eigenvalue weighted by Crippen LogP contribution is 2.23. The maximum Gasteiger partial charge on any atom is 0.417 e. The quantitative estimate of drug-likeness (QED) is 0.592. The van der Waals surface area contributed by atoms with Crippen molar-refractivity contribution in [3.8, 4) is 0 Å². The van der Waals surface area contributed by atoms with Gasteiger partial charge in [0.2, 0.25) is 5.91 Å². The number of likely N-dealkylation sites (tertiary alicyclic amines) is 1. The number of methoxy groups -OCH3 is 1. The third-order valence-corrected chi connectivity index (χ3v) is 3.27. The van der Waals surface area contributed by atoms with E-state index in [2.05, 4.69) is 4.74 Å². The summed E-state index contributed by atoms with van der Waals surface area (Å²) in [5.41, 5.74) is -0.657. The van der Waals surface area contributed by atoms with Crippen molar-refractivity contribution in [3.63, 3.8) is 0 Å². The van der Waals surface area contributed by atoms with Crippen molar-refractivity contribution in [1.82, 2.24) is 4.90 Å². The number of carbonyl (C=O) groups is 3. The third kappa shape index (κ3) is 5.87. The summed E-state index contributed by atoms with van der Waals surface area (Å²) in [7, 11) is 1.30. The van der Waals surface area contributed by atoms with E-state index >= 15 is 0 Å². The number of hydrogen-bond acceptors (Lipinski definition) is 5. The number of rotatable bonds is 3. The van der Waals surface area contributed by atoms with E-state index in [0.717, 1.165) is 12.8 Å². The molecule has 1 aliphatic heterocycles. The van der Waals surface area contributed by atoms with Crippen molar-refractivity contribution < 1.29 is 23.9 Å². The molecule has 1 unspecified atom stereocenters. The molecule has 0 bridgehead atoms. The molecule has 0 aliphatic carbocycles. The monoisotopic (exact) mass is 311 g/mol. The van der Waals surface area contributed by atoms with Gasteiger partial charge < -0.3 is 9.47 Å². The van der Waals surface area contributed by atoms with E-state index in [1.807, 2.05) is 0 Å². The Kier molecular flexibility index (Phi) is 6.59. The van der Waals surface area contributed by atoms with Gasteiger partial charge in [0.15, 0.2) is 0 Å². The smallest absolute Gasteiger partial charge is 0.417 e. The highest BCUT2D eigenvalue weighted by atomic mass is 16.6. The molecule has 6 heteroatoms. The van der Waals surface area contributed by atoms with Crippen molar-refractivity contribution in [2.45, 2.75) is 64.5 Å². The maximum atomic E-state index is 12.3. The first kappa shape index (κ1) is 18.2. The van der Waals surface area contributed by atoms with Gasteiger partial charge in [-0.25, -0.2) is 14.5 Å². The minimum Gasteiger partial charge on any atom is -0.466 e. The van der Waals surface area contributed by atoms with Crippen LogP contribution in [-0.4, -0.2) is 41.6 Å². The molecule has 0 spiro atoms. The van der Waals surface area contributed by atoms with Crippen LogP contribution >= 0.6 is 0 Å². The Morgan fingerprint density at radius 3 is 2.59 bits per heavy atom. The van der Waals surface area contributed by atoms with Crippen LogP contribution in [0.3, 0.4) is 0 Å². The zero-order valence-electron chi connectivity index (χ0n) is 13.8. The predicted octanol–water partition coefficient (Wildman–Crippen LogP) is 2.81. The number of nitrogens with zero attached hydrogens (tertiary/aromatic N) is 1.